The summed E-state index contributed by atoms with van der Waals surface area (Å²) in [6, 6.07) is 13.6. The van der Waals surface area contributed by atoms with Crippen molar-refractivity contribution in [2.75, 3.05) is 6.61 Å². The molecule has 164 valence electrons. The first-order valence-corrected chi connectivity index (χ1v) is 10.3. The molecule has 0 saturated heterocycles. The highest BCUT2D eigenvalue weighted by Crippen LogP contribution is 2.28. The van der Waals surface area contributed by atoms with E-state index in [1.165, 1.54) is 4.68 Å². The van der Waals surface area contributed by atoms with Gasteiger partial charge in [0.1, 0.15) is 12.2 Å². The van der Waals surface area contributed by atoms with Crippen LogP contribution in [0.15, 0.2) is 57.7 Å². The molecule has 0 radical (unpaired) electrons. The molecule has 0 spiro atoms. The second kappa shape index (κ2) is 8.66. The third-order valence-corrected chi connectivity index (χ3v) is 5.02. The number of nitrogens with zero attached hydrogens (tertiary/aromatic N) is 2. The lowest BCUT2D eigenvalue weighted by Crippen LogP contribution is -2.28. The molecule has 8 heteroatoms. The third-order valence-electron chi connectivity index (χ3n) is 5.02. The van der Waals surface area contributed by atoms with E-state index >= 15 is 0 Å². The molecule has 32 heavy (non-hydrogen) atoms. The monoisotopic (exact) mass is 434 g/mol. The third kappa shape index (κ3) is 3.75. The zero-order valence-corrected chi connectivity index (χ0v) is 18.0. The van der Waals surface area contributed by atoms with Gasteiger partial charge in [0.15, 0.2) is 5.69 Å². The molecule has 0 saturated carbocycles. The highest BCUT2D eigenvalue weighted by molar-refractivity contribution is 6.02. The van der Waals surface area contributed by atoms with Crippen LogP contribution in [0.5, 0.6) is 0 Å². The molecule has 2 heterocycles. The van der Waals surface area contributed by atoms with Crippen LogP contribution in [-0.2, 0) is 16.1 Å². The summed E-state index contributed by atoms with van der Waals surface area (Å²) in [5, 5.41) is 5.69. The van der Waals surface area contributed by atoms with E-state index in [9.17, 15) is 14.4 Å². The van der Waals surface area contributed by atoms with E-state index < -0.39 is 11.9 Å². The summed E-state index contributed by atoms with van der Waals surface area (Å²) in [5.74, 6) is -1.35. The Labute approximate surface area is 183 Å². The number of furan rings is 1. The van der Waals surface area contributed by atoms with Crippen LogP contribution < -0.4 is 5.56 Å². The number of hydrogen-bond donors (Lipinski definition) is 0. The van der Waals surface area contributed by atoms with Gasteiger partial charge in [-0.05, 0) is 32.9 Å². The van der Waals surface area contributed by atoms with E-state index in [4.69, 9.17) is 13.9 Å². The minimum Gasteiger partial charge on any atom is -0.460 e. The van der Waals surface area contributed by atoms with E-state index in [2.05, 4.69) is 5.10 Å². The number of para-hydroxylation sites is 1. The van der Waals surface area contributed by atoms with Crippen molar-refractivity contribution in [2.24, 2.45) is 0 Å². The lowest BCUT2D eigenvalue weighted by atomic mass is 10.1. The fourth-order valence-corrected chi connectivity index (χ4v) is 3.52. The number of rotatable bonds is 6. The highest BCUT2D eigenvalue weighted by atomic mass is 16.5. The predicted octanol–water partition coefficient (Wildman–Crippen LogP) is 4.26. The fourth-order valence-electron chi connectivity index (χ4n) is 3.52. The Balaban J connectivity index is 1.73. The molecule has 0 bridgehead atoms. The van der Waals surface area contributed by atoms with Crippen LogP contribution in [0.2, 0.25) is 0 Å². The van der Waals surface area contributed by atoms with Crippen molar-refractivity contribution in [3.63, 3.8) is 0 Å². The molecule has 0 amide bonds. The van der Waals surface area contributed by atoms with Gasteiger partial charge in [0.05, 0.1) is 23.6 Å². The van der Waals surface area contributed by atoms with Crippen molar-refractivity contribution in [1.29, 1.82) is 0 Å². The molecule has 4 rings (SSSR count). The van der Waals surface area contributed by atoms with E-state index in [-0.39, 0.29) is 36.3 Å². The fraction of sp³-hybridized carbons (Fsp3) is 0.250. The number of carbonyl (C=O) groups excluding carboxylic acids is 2. The zero-order chi connectivity index (χ0) is 22.8. The van der Waals surface area contributed by atoms with Crippen molar-refractivity contribution < 1.29 is 23.5 Å². The maximum atomic E-state index is 13.0. The van der Waals surface area contributed by atoms with Crippen LogP contribution in [0.4, 0.5) is 0 Å². The van der Waals surface area contributed by atoms with Gasteiger partial charge in [-0.3, -0.25) is 4.79 Å². The quantitative estimate of drug-likeness (QED) is 0.418. The van der Waals surface area contributed by atoms with Gasteiger partial charge in [-0.1, -0.05) is 36.4 Å². The van der Waals surface area contributed by atoms with Crippen LogP contribution >= 0.6 is 0 Å². The van der Waals surface area contributed by atoms with Gasteiger partial charge >= 0.3 is 11.9 Å². The van der Waals surface area contributed by atoms with Crippen molar-refractivity contribution in [3.8, 4) is 0 Å². The SMILES string of the molecule is CCOC(=O)c1oc2ccccc2c1COC(=O)c1nn(C(C)C)c(=O)c2ccccc12. The average molecular weight is 434 g/mol. The van der Waals surface area contributed by atoms with Gasteiger partial charge in [0.2, 0.25) is 5.76 Å². The van der Waals surface area contributed by atoms with Crippen molar-refractivity contribution >= 4 is 33.7 Å². The minimum atomic E-state index is -0.712. The number of hydrogen-bond acceptors (Lipinski definition) is 7. The Morgan fingerprint density at radius 3 is 2.31 bits per heavy atom. The summed E-state index contributed by atoms with van der Waals surface area (Å²) in [6.07, 6.45) is 0. The van der Waals surface area contributed by atoms with Gasteiger partial charge in [0.25, 0.3) is 5.56 Å². The second-order valence-corrected chi connectivity index (χ2v) is 7.44. The van der Waals surface area contributed by atoms with Gasteiger partial charge in [-0.15, -0.1) is 0 Å². The van der Waals surface area contributed by atoms with Crippen LogP contribution in [-0.4, -0.2) is 28.3 Å². The molecule has 0 unspecified atom stereocenters. The summed E-state index contributed by atoms with van der Waals surface area (Å²) in [7, 11) is 0. The molecule has 8 nitrogen and oxygen atoms in total. The largest absolute Gasteiger partial charge is 0.460 e. The summed E-state index contributed by atoms with van der Waals surface area (Å²) < 4.78 is 17.5. The van der Waals surface area contributed by atoms with Gasteiger partial charge < -0.3 is 13.9 Å². The molecule has 0 atom stereocenters. The predicted molar refractivity (Wildman–Crippen MR) is 118 cm³/mol. The zero-order valence-electron chi connectivity index (χ0n) is 18.0. The topological polar surface area (TPSA) is 101 Å². The molecule has 0 aliphatic rings. The molecular formula is C24H22N2O6. The van der Waals surface area contributed by atoms with Gasteiger partial charge in [-0.25, -0.2) is 14.3 Å². The summed E-state index contributed by atoms with van der Waals surface area (Å²) in [4.78, 5) is 38.1. The van der Waals surface area contributed by atoms with E-state index in [1.54, 1.807) is 55.5 Å². The van der Waals surface area contributed by atoms with Crippen LogP contribution in [0.3, 0.4) is 0 Å². The lowest BCUT2D eigenvalue weighted by molar-refractivity contribution is 0.0430. The van der Waals surface area contributed by atoms with Gasteiger partial charge in [0, 0.05) is 10.8 Å². The molecule has 2 aromatic carbocycles. The maximum Gasteiger partial charge on any atom is 0.374 e. The normalized spacial score (nSPS) is 11.2. The molecular weight excluding hydrogens is 412 g/mol. The molecule has 0 N–H and O–H groups in total. The number of benzene rings is 2. The Kier molecular flexibility index (Phi) is 5.77. The molecule has 2 aromatic heterocycles. The first-order chi connectivity index (χ1) is 15.4. The van der Waals surface area contributed by atoms with E-state index in [1.807, 2.05) is 13.8 Å². The Morgan fingerprint density at radius 2 is 1.62 bits per heavy atom. The van der Waals surface area contributed by atoms with Crippen LogP contribution in [0.1, 0.15) is 53.4 Å². The number of carbonyl (C=O) groups is 2. The number of esters is 2. The van der Waals surface area contributed by atoms with Crippen molar-refractivity contribution in [1.82, 2.24) is 9.78 Å². The lowest BCUT2D eigenvalue weighted by Gasteiger charge is -2.13. The smallest absolute Gasteiger partial charge is 0.374 e. The number of ether oxygens (including phenoxy) is 2. The van der Waals surface area contributed by atoms with Crippen molar-refractivity contribution in [3.05, 3.63) is 75.9 Å². The maximum absolute atomic E-state index is 13.0. The highest BCUT2D eigenvalue weighted by Gasteiger charge is 2.24. The van der Waals surface area contributed by atoms with Crippen molar-refractivity contribution in [2.45, 2.75) is 33.4 Å². The molecule has 4 aromatic rings. The van der Waals surface area contributed by atoms with Crippen LogP contribution in [0.25, 0.3) is 21.7 Å². The molecule has 0 fully saturated rings. The summed E-state index contributed by atoms with van der Waals surface area (Å²) in [5.41, 5.74) is 0.643. The van der Waals surface area contributed by atoms with Crippen LogP contribution in [0, 0.1) is 0 Å². The Hall–Kier alpha value is -3.94. The minimum absolute atomic E-state index is 0.00850. The summed E-state index contributed by atoms with van der Waals surface area (Å²) in [6.45, 7) is 5.27. The number of aromatic nitrogens is 2. The first kappa shape index (κ1) is 21.3. The van der Waals surface area contributed by atoms with E-state index in [0.29, 0.717) is 27.3 Å². The van der Waals surface area contributed by atoms with E-state index in [0.717, 1.165) is 0 Å². The van der Waals surface area contributed by atoms with Gasteiger partial charge in [-0.2, -0.15) is 5.10 Å². The first-order valence-electron chi connectivity index (χ1n) is 10.3. The Morgan fingerprint density at radius 1 is 0.969 bits per heavy atom. The second-order valence-electron chi connectivity index (χ2n) is 7.44. The standard InChI is InChI=1S/C24H22N2O6/c1-4-30-24(29)21-18(15-9-7-8-12-19(15)32-21)13-31-23(28)20-16-10-5-6-11-17(16)22(27)26(25-20)14(2)3/h5-12,14H,4,13H2,1-3H3. The molecule has 0 aliphatic carbocycles. The summed E-state index contributed by atoms with van der Waals surface area (Å²) >= 11 is 0. The number of fused-ring (bicyclic) bond motifs is 2. The Bertz CT molecular complexity index is 1380. The molecule has 0 aliphatic heterocycles. The average Bonchev–Trinajstić information content (AvgIpc) is 3.16.